The average Bonchev–Trinajstić information content (AvgIpc) is 2.54. The normalized spacial score (nSPS) is 11.5. The molecule has 0 radical (unpaired) electrons. The largest absolute Gasteiger partial charge is 0.425 e. The molecule has 0 bridgehead atoms. The molecular formula is C18H27NO4S. The SMILES string of the molecule is CC.CS/C(Nc1ccccc1C)=C(/C)C(=O)OC(C)(C)OC=O. The third kappa shape index (κ3) is 7.08. The lowest BCUT2D eigenvalue weighted by Crippen LogP contribution is -2.31. The Balaban J connectivity index is 0.00000254. The number of rotatable bonds is 7. The van der Waals surface area contributed by atoms with Crippen LogP contribution in [0.5, 0.6) is 0 Å². The number of hydrogen-bond acceptors (Lipinski definition) is 6. The third-order valence-electron chi connectivity index (χ3n) is 2.91. The standard InChI is InChI=1S/C16H21NO4S.C2H6/c1-11-8-6-7-9-13(11)17-14(22-5)12(2)15(19)21-16(3,4)20-10-18;1-2/h6-10,17H,1-5H3;1-2H3/b14-12-;. The van der Waals surface area contributed by atoms with Crippen molar-refractivity contribution >= 4 is 29.9 Å². The number of anilines is 1. The Morgan fingerprint density at radius 3 is 2.33 bits per heavy atom. The molecule has 0 saturated heterocycles. The Bertz CT molecular complexity index is 582. The van der Waals surface area contributed by atoms with Gasteiger partial charge in [-0.2, -0.15) is 0 Å². The second-order valence-electron chi connectivity index (χ2n) is 5.10. The number of carbonyl (C=O) groups excluding carboxylic acids is 2. The van der Waals surface area contributed by atoms with Gasteiger partial charge < -0.3 is 14.8 Å². The molecule has 1 aromatic rings. The van der Waals surface area contributed by atoms with Gasteiger partial charge in [-0.1, -0.05) is 32.0 Å². The van der Waals surface area contributed by atoms with Gasteiger partial charge in [-0.05, 0) is 31.7 Å². The smallest absolute Gasteiger partial charge is 0.339 e. The summed E-state index contributed by atoms with van der Waals surface area (Å²) in [5, 5.41) is 3.91. The van der Waals surface area contributed by atoms with Crippen LogP contribution in [-0.2, 0) is 19.1 Å². The molecule has 0 fully saturated rings. The van der Waals surface area contributed by atoms with E-state index >= 15 is 0 Å². The molecule has 1 aromatic carbocycles. The summed E-state index contributed by atoms with van der Waals surface area (Å²) in [5.74, 6) is -1.84. The fourth-order valence-electron chi connectivity index (χ4n) is 1.67. The van der Waals surface area contributed by atoms with Gasteiger partial charge in [-0.15, -0.1) is 11.8 Å². The number of hydrogen-bond donors (Lipinski definition) is 1. The number of benzene rings is 1. The van der Waals surface area contributed by atoms with Crippen molar-refractivity contribution in [2.45, 2.75) is 47.3 Å². The van der Waals surface area contributed by atoms with Gasteiger partial charge in [0.1, 0.15) is 0 Å². The van der Waals surface area contributed by atoms with Gasteiger partial charge in [0.15, 0.2) is 0 Å². The minimum absolute atomic E-state index is 0.257. The molecule has 0 saturated carbocycles. The second-order valence-corrected chi connectivity index (χ2v) is 5.92. The number of esters is 1. The summed E-state index contributed by atoms with van der Waals surface area (Å²) in [6, 6.07) is 7.78. The lowest BCUT2D eigenvalue weighted by atomic mass is 10.2. The topological polar surface area (TPSA) is 64.6 Å². The Kier molecular flexibility index (Phi) is 9.88. The van der Waals surface area contributed by atoms with E-state index in [0.29, 0.717) is 10.6 Å². The van der Waals surface area contributed by atoms with Gasteiger partial charge in [0.2, 0.25) is 0 Å². The molecule has 5 nitrogen and oxygen atoms in total. The number of nitrogens with one attached hydrogen (secondary N) is 1. The number of ether oxygens (including phenoxy) is 2. The monoisotopic (exact) mass is 353 g/mol. The van der Waals surface area contributed by atoms with E-state index in [0.717, 1.165) is 11.3 Å². The lowest BCUT2D eigenvalue weighted by molar-refractivity contribution is -0.204. The van der Waals surface area contributed by atoms with E-state index in [2.05, 4.69) is 5.32 Å². The molecule has 0 aromatic heterocycles. The summed E-state index contributed by atoms with van der Waals surface area (Å²) in [5.41, 5.74) is 2.40. The average molecular weight is 353 g/mol. The Hall–Kier alpha value is -1.95. The van der Waals surface area contributed by atoms with E-state index in [-0.39, 0.29) is 6.47 Å². The van der Waals surface area contributed by atoms with Crippen LogP contribution in [-0.4, -0.2) is 24.5 Å². The van der Waals surface area contributed by atoms with E-state index < -0.39 is 11.8 Å². The maximum atomic E-state index is 12.2. The van der Waals surface area contributed by atoms with E-state index in [1.165, 1.54) is 25.6 Å². The minimum Gasteiger partial charge on any atom is -0.425 e. The van der Waals surface area contributed by atoms with Crippen molar-refractivity contribution in [3.63, 3.8) is 0 Å². The summed E-state index contributed by atoms with van der Waals surface area (Å²) in [7, 11) is 0. The van der Waals surface area contributed by atoms with Crippen LogP contribution in [0.25, 0.3) is 0 Å². The summed E-state index contributed by atoms with van der Waals surface area (Å²) < 4.78 is 9.91. The molecule has 0 amide bonds. The first-order chi connectivity index (χ1) is 11.3. The summed E-state index contributed by atoms with van der Waals surface area (Å²) in [6.07, 6.45) is 1.87. The van der Waals surface area contributed by atoms with Crippen molar-refractivity contribution in [2.75, 3.05) is 11.6 Å². The highest BCUT2D eigenvalue weighted by atomic mass is 32.2. The summed E-state index contributed by atoms with van der Waals surface area (Å²) in [4.78, 5) is 22.6. The number of thioether (sulfide) groups is 1. The van der Waals surface area contributed by atoms with Crippen LogP contribution in [0.15, 0.2) is 34.9 Å². The first kappa shape index (κ1) is 22.1. The van der Waals surface area contributed by atoms with Crippen LogP contribution in [0.3, 0.4) is 0 Å². The molecular weight excluding hydrogens is 326 g/mol. The quantitative estimate of drug-likeness (QED) is 0.337. The van der Waals surface area contributed by atoms with Gasteiger partial charge in [0.25, 0.3) is 12.3 Å². The van der Waals surface area contributed by atoms with Gasteiger partial charge in [-0.3, -0.25) is 4.79 Å². The molecule has 0 atom stereocenters. The van der Waals surface area contributed by atoms with Crippen molar-refractivity contribution in [3.05, 3.63) is 40.4 Å². The fourth-order valence-corrected chi connectivity index (χ4v) is 2.27. The third-order valence-corrected chi connectivity index (χ3v) is 3.73. The highest BCUT2D eigenvalue weighted by molar-refractivity contribution is 8.02. The van der Waals surface area contributed by atoms with E-state index in [1.54, 1.807) is 6.92 Å². The van der Waals surface area contributed by atoms with Gasteiger partial charge in [0.05, 0.1) is 10.6 Å². The maximum Gasteiger partial charge on any atom is 0.339 e. The molecule has 0 aliphatic carbocycles. The van der Waals surface area contributed by atoms with E-state index in [4.69, 9.17) is 9.47 Å². The lowest BCUT2D eigenvalue weighted by Gasteiger charge is -2.23. The van der Waals surface area contributed by atoms with Crippen molar-refractivity contribution in [2.24, 2.45) is 0 Å². The first-order valence-electron chi connectivity index (χ1n) is 7.73. The highest BCUT2D eigenvalue weighted by Gasteiger charge is 2.26. The number of para-hydroxylation sites is 1. The number of aryl methyl sites for hydroxylation is 1. The zero-order valence-electron chi connectivity index (χ0n) is 15.4. The molecule has 1 N–H and O–H groups in total. The molecule has 0 spiro atoms. The van der Waals surface area contributed by atoms with Gasteiger partial charge in [0, 0.05) is 19.5 Å². The van der Waals surface area contributed by atoms with Crippen molar-refractivity contribution < 1.29 is 19.1 Å². The van der Waals surface area contributed by atoms with Gasteiger partial charge in [-0.25, -0.2) is 4.79 Å². The van der Waals surface area contributed by atoms with Crippen LogP contribution >= 0.6 is 11.8 Å². The molecule has 134 valence electrons. The van der Waals surface area contributed by atoms with Gasteiger partial charge >= 0.3 is 5.97 Å². The molecule has 1 rings (SSSR count). The molecule has 6 heteroatoms. The zero-order valence-corrected chi connectivity index (χ0v) is 16.2. The maximum absolute atomic E-state index is 12.2. The highest BCUT2D eigenvalue weighted by Crippen LogP contribution is 2.24. The van der Waals surface area contributed by atoms with E-state index in [9.17, 15) is 9.59 Å². The first-order valence-corrected chi connectivity index (χ1v) is 8.95. The number of carbonyl (C=O) groups is 2. The molecule has 0 aliphatic rings. The van der Waals surface area contributed by atoms with Crippen molar-refractivity contribution in [3.8, 4) is 0 Å². The Morgan fingerprint density at radius 2 is 1.83 bits per heavy atom. The van der Waals surface area contributed by atoms with Crippen LogP contribution in [0.2, 0.25) is 0 Å². The van der Waals surface area contributed by atoms with E-state index in [1.807, 2.05) is 51.3 Å². The molecule has 24 heavy (non-hydrogen) atoms. The molecule has 0 aliphatic heterocycles. The fraction of sp³-hybridized carbons (Fsp3) is 0.444. The van der Waals surface area contributed by atoms with Crippen LogP contribution in [0.1, 0.15) is 40.2 Å². The minimum atomic E-state index is -1.30. The summed E-state index contributed by atoms with van der Waals surface area (Å²) in [6.45, 7) is 10.9. The van der Waals surface area contributed by atoms with Crippen molar-refractivity contribution in [1.29, 1.82) is 0 Å². The van der Waals surface area contributed by atoms with Crippen molar-refractivity contribution in [1.82, 2.24) is 0 Å². The van der Waals surface area contributed by atoms with Crippen LogP contribution in [0, 0.1) is 6.92 Å². The van der Waals surface area contributed by atoms with Crippen LogP contribution in [0.4, 0.5) is 5.69 Å². The molecule has 0 heterocycles. The molecule has 0 unspecified atom stereocenters. The van der Waals surface area contributed by atoms with Crippen LogP contribution < -0.4 is 5.32 Å². The zero-order chi connectivity index (χ0) is 18.8. The Morgan fingerprint density at radius 1 is 1.25 bits per heavy atom. The Labute approximate surface area is 148 Å². The predicted octanol–water partition coefficient (Wildman–Crippen LogP) is 4.48. The summed E-state index contributed by atoms with van der Waals surface area (Å²) >= 11 is 1.41. The second kappa shape index (κ2) is 10.8. The predicted molar refractivity (Wildman–Crippen MR) is 99.7 cm³/mol.